The van der Waals surface area contributed by atoms with E-state index in [1.807, 2.05) is 0 Å². The molecular weight excluding hydrogens is 226 g/mol. The molecule has 0 spiro atoms. The van der Waals surface area contributed by atoms with Crippen LogP contribution in [0.4, 0.5) is 0 Å². The number of thiophene rings is 1. The third-order valence-corrected chi connectivity index (χ3v) is 3.83. The van der Waals surface area contributed by atoms with E-state index in [0.29, 0.717) is 6.04 Å². The van der Waals surface area contributed by atoms with Gasteiger partial charge in [-0.1, -0.05) is 36.4 Å². The van der Waals surface area contributed by atoms with E-state index in [4.69, 9.17) is 5.73 Å². The number of aryl methyl sites for hydroxylation is 1. The van der Waals surface area contributed by atoms with Crippen LogP contribution in [-0.4, -0.2) is 6.04 Å². The lowest BCUT2D eigenvalue weighted by Crippen LogP contribution is -2.22. The molecule has 0 aliphatic heterocycles. The molecule has 0 fully saturated rings. The lowest BCUT2D eigenvalue weighted by atomic mass is 10.0. The standard InChI is InChI=1S/C15H19NS/c16-14(12-15-10-5-11-17-15)9-4-8-13-6-2-1-3-7-13/h1-3,5-7,10-11,14H,4,8-9,12,16H2. The Morgan fingerprint density at radius 3 is 2.59 bits per heavy atom. The van der Waals surface area contributed by atoms with Crippen LogP contribution in [-0.2, 0) is 12.8 Å². The smallest absolute Gasteiger partial charge is 0.00873 e. The van der Waals surface area contributed by atoms with Crippen LogP contribution in [0.1, 0.15) is 23.3 Å². The van der Waals surface area contributed by atoms with E-state index in [-0.39, 0.29) is 0 Å². The summed E-state index contributed by atoms with van der Waals surface area (Å²) in [6.45, 7) is 0. The van der Waals surface area contributed by atoms with Crippen LogP contribution in [0.25, 0.3) is 0 Å². The van der Waals surface area contributed by atoms with E-state index >= 15 is 0 Å². The molecule has 1 unspecified atom stereocenters. The number of benzene rings is 1. The molecule has 0 aliphatic carbocycles. The van der Waals surface area contributed by atoms with Crippen molar-refractivity contribution in [3.05, 3.63) is 58.3 Å². The predicted molar refractivity (Wildman–Crippen MR) is 75.4 cm³/mol. The summed E-state index contributed by atoms with van der Waals surface area (Å²) in [4.78, 5) is 1.40. The molecule has 2 N–H and O–H groups in total. The van der Waals surface area contributed by atoms with Gasteiger partial charge in [-0.2, -0.15) is 0 Å². The first-order valence-electron chi connectivity index (χ1n) is 6.16. The number of rotatable bonds is 6. The minimum Gasteiger partial charge on any atom is -0.327 e. The average molecular weight is 245 g/mol. The summed E-state index contributed by atoms with van der Waals surface area (Å²) in [5, 5.41) is 2.12. The summed E-state index contributed by atoms with van der Waals surface area (Å²) in [5.41, 5.74) is 7.55. The maximum atomic E-state index is 6.14. The molecule has 1 atom stereocenters. The molecule has 1 aromatic heterocycles. The molecule has 0 saturated heterocycles. The summed E-state index contributed by atoms with van der Waals surface area (Å²) in [6, 6.07) is 15.2. The number of nitrogens with two attached hydrogens (primary N) is 1. The Labute approximate surface area is 107 Å². The van der Waals surface area contributed by atoms with Gasteiger partial charge in [0.1, 0.15) is 0 Å². The Morgan fingerprint density at radius 2 is 1.88 bits per heavy atom. The second-order valence-electron chi connectivity index (χ2n) is 4.42. The van der Waals surface area contributed by atoms with Crippen LogP contribution in [0.15, 0.2) is 47.8 Å². The highest BCUT2D eigenvalue weighted by molar-refractivity contribution is 7.09. The third-order valence-electron chi connectivity index (χ3n) is 2.93. The maximum absolute atomic E-state index is 6.14. The molecule has 2 aromatic rings. The van der Waals surface area contributed by atoms with Gasteiger partial charge in [0.15, 0.2) is 0 Å². The second kappa shape index (κ2) is 6.58. The molecular formula is C15H19NS. The van der Waals surface area contributed by atoms with Crippen molar-refractivity contribution in [2.24, 2.45) is 5.73 Å². The molecule has 2 rings (SSSR count). The van der Waals surface area contributed by atoms with Gasteiger partial charge in [0.2, 0.25) is 0 Å². The lowest BCUT2D eigenvalue weighted by Gasteiger charge is -2.10. The molecule has 0 saturated carbocycles. The highest BCUT2D eigenvalue weighted by Crippen LogP contribution is 2.13. The molecule has 0 bridgehead atoms. The van der Waals surface area contributed by atoms with Crippen molar-refractivity contribution in [3.8, 4) is 0 Å². The topological polar surface area (TPSA) is 26.0 Å². The van der Waals surface area contributed by atoms with E-state index in [1.54, 1.807) is 11.3 Å². The van der Waals surface area contributed by atoms with Gasteiger partial charge in [0, 0.05) is 10.9 Å². The van der Waals surface area contributed by atoms with Gasteiger partial charge >= 0.3 is 0 Å². The summed E-state index contributed by atoms with van der Waals surface area (Å²) in [6.07, 6.45) is 4.44. The van der Waals surface area contributed by atoms with Crippen LogP contribution >= 0.6 is 11.3 Å². The van der Waals surface area contributed by atoms with E-state index in [1.165, 1.54) is 16.9 Å². The predicted octanol–water partition coefficient (Wildman–Crippen LogP) is 3.64. The van der Waals surface area contributed by atoms with Gasteiger partial charge in [0.25, 0.3) is 0 Å². The molecule has 17 heavy (non-hydrogen) atoms. The molecule has 90 valence electrons. The number of hydrogen-bond donors (Lipinski definition) is 1. The van der Waals surface area contributed by atoms with E-state index < -0.39 is 0 Å². The van der Waals surface area contributed by atoms with Gasteiger partial charge in [-0.25, -0.2) is 0 Å². The second-order valence-corrected chi connectivity index (χ2v) is 5.45. The first-order chi connectivity index (χ1) is 8.34. The van der Waals surface area contributed by atoms with Crippen LogP contribution in [0, 0.1) is 0 Å². The molecule has 1 nitrogen and oxygen atoms in total. The first kappa shape index (κ1) is 12.3. The Kier molecular flexibility index (Phi) is 4.77. The summed E-state index contributed by atoms with van der Waals surface area (Å²) in [7, 11) is 0. The third kappa shape index (κ3) is 4.33. The minimum absolute atomic E-state index is 0.303. The zero-order valence-corrected chi connectivity index (χ0v) is 10.8. The Balaban J connectivity index is 1.68. The van der Waals surface area contributed by atoms with Crippen LogP contribution in [0.2, 0.25) is 0 Å². The van der Waals surface area contributed by atoms with Gasteiger partial charge in [-0.05, 0) is 42.7 Å². The maximum Gasteiger partial charge on any atom is 0.00873 e. The highest BCUT2D eigenvalue weighted by Gasteiger charge is 2.04. The van der Waals surface area contributed by atoms with Crippen LogP contribution in [0.5, 0.6) is 0 Å². The van der Waals surface area contributed by atoms with Gasteiger partial charge in [-0.3, -0.25) is 0 Å². The molecule has 1 heterocycles. The van der Waals surface area contributed by atoms with Crippen LogP contribution in [0.3, 0.4) is 0 Å². The highest BCUT2D eigenvalue weighted by atomic mass is 32.1. The van der Waals surface area contributed by atoms with Crippen molar-refractivity contribution in [2.45, 2.75) is 31.7 Å². The van der Waals surface area contributed by atoms with Crippen molar-refractivity contribution in [1.29, 1.82) is 0 Å². The number of hydrogen-bond acceptors (Lipinski definition) is 2. The molecule has 0 amide bonds. The Bertz CT molecular complexity index is 408. The van der Waals surface area contributed by atoms with E-state index in [0.717, 1.165) is 19.3 Å². The van der Waals surface area contributed by atoms with Gasteiger partial charge < -0.3 is 5.73 Å². The molecule has 2 heteroatoms. The fourth-order valence-corrected chi connectivity index (χ4v) is 2.80. The summed E-state index contributed by atoms with van der Waals surface area (Å²) in [5.74, 6) is 0. The fraction of sp³-hybridized carbons (Fsp3) is 0.333. The Morgan fingerprint density at radius 1 is 1.06 bits per heavy atom. The van der Waals surface area contributed by atoms with Crippen molar-refractivity contribution >= 4 is 11.3 Å². The van der Waals surface area contributed by atoms with Crippen molar-refractivity contribution < 1.29 is 0 Å². The van der Waals surface area contributed by atoms with Crippen LogP contribution < -0.4 is 5.73 Å². The zero-order valence-electron chi connectivity index (χ0n) is 10.0. The SMILES string of the molecule is NC(CCCc1ccccc1)Cc1cccs1. The van der Waals surface area contributed by atoms with Gasteiger partial charge in [-0.15, -0.1) is 11.3 Å². The van der Waals surface area contributed by atoms with Crippen molar-refractivity contribution in [2.75, 3.05) is 0 Å². The van der Waals surface area contributed by atoms with E-state index in [9.17, 15) is 0 Å². The average Bonchev–Trinajstić information content (AvgIpc) is 2.83. The molecule has 0 aliphatic rings. The van der Waals surface area contributed by atoms with Crippen molar-refractivity contribution in [1.82, 2.24) is 0 Å². The Hall–Kier alpha value is -1.12. The zero-order chi connectivity index (χ0) is 11.9. The summed E-state index contributed by atoms with van der Waals surface area (Å²) >= 11 is 1.80. The van der Waals surface area contributed by atoms with E-state index in [2.05, 4.69) is 47.8 Å². The largest absolute Gasteiger partial charge is 0.327 e. The first-order valence-corrected chi connectivity index (χ1v) is 7.04. The minimum atomic E-state index is 0.303. The monoisotopic (exact) mass is 245 g/mol. The lowest BCUT2D eigenvalue weighted by molar-refractivity contribution is 0.583. The summed E-state index contributed by atoms with van der Waals surface area (Å²) < 4.78 is 0. The molecule has 1 aromatic carbocycles. The molecule has 0 radical (unpaired) electrons. The quantitative estimate of drug-likeness (QED) is 0.826. The fourth-order valence-electron chi connectivity index (χ4n) is 2.00. The van der Waals surface area contributed by atoms with Crippen molar-refractivity contribution in [3.63, 3.8) is 0 Å². The van der Waals surface area contributed by atoms with Gasteiger partial charge in [0.05, 0.1) is 0 Å². The normalized spacial score (nSPS) is 12.5.